The van der Waals surface area contributed by atoms with Crippen molar-refractivity contribution >= 4 is 0 Å². The molecule has 2 nitrogen and oxygen atoms in total. The minimum atomic E-state index is 0.0320. The molecule has 2 aliphatic rings. The summed E-state index contributed by atoms with van der Waals surface area (Å²) in [5, 5.41) is 0. The minimum absolute atomic E-state index is 0.0320. The summed E-state index contributed by atoms with van der Waals surface area (Å²) in [6.07, 6.45) is 4.74. The molecule has 0 amide bonds. The maximum absolute atomic E-state index is 5.96. The van der Waals surface area contributed by atoms with Crippen LogP contribution >= 0.6 is 0 Å². The standard InChI is InChI=1S/C9H15NO/c1-6(2)11-8-5-9(10)4-3-7(8)9/h5-7H,3-4,10H2,1-2H3/t7-,9?/m1/s1. The van der Waals surface area contributed by atoms with Crippen LogP contribution in [0.25, 0.3) is 0 Å². The van der Waals surface area contributed by atoms with E-state index in [1.54, 1.807) is 0 Å². The molecule has 2 heteroatoms. The zero-order valence-corrected chi connectivity index (χ0v) is 7.13. The lowest BCUT2D eigenvalue weighted by Gasteiger charge is -2.53. The predicted octanol–water partition coefficient (Wildman–Crippen LogP) is 1.42. The molecule has 2 N–H and O–H groups in total. The highest BCUT2D eigenvalue weighted by Crippen LogP contribution is 2.51. The normalized spacial score (nSPS) is 40.4. The Bertz CT molecular complexity index is 210. The van der Waals surface area contributed by atoms with Crippen LogP contribution in [0.1, 0.15) is 26.7 Å². The maximum atomic E-state index is 5.96. The van der Waals surface area contributed by atoms with Crippen molar-refractivity contribution in [3.63, 3.8) is 0 Å². The number of nitrogens with two attached hydrogens (primary N) is 1. The van der Waals surface area contributed by atoms with Gasteiger partial charge in [0.05, 0.1) is 11.9 Å². The first kappa shape index (κ1) is 7.17. The molecule has 2 atom stereocenters. The molecule has 0 aromatic rings. The molecule has 0 radical (unpaired) electrons. The lowest BCUT2D eigenvalue weighted by molar-refractivity contribution is 0.0310. The molecule has 0 aromatic carbocycles. The minimum Gasteiger partial charge on any atom is -0.495 e. The van der Waals surface area contributed by atoms with E-state index in [9.17, 15) is 0 Å². The van der Waals surface area contributed by atoms with Crippen molar-refractivity contribution in [2.45, 2.75) is 38.3 Å². The lowest BCUT2D eigenvalue weighted by Crippen LogP contribution is -2.60. The van der Waals surface area contributed by atoms with Crippen molar-refractivity contribution < 1.29 is 4.74 Å². The highest BCUT2D eigenvalue weighted by Gasteiger charge is 2.52. The molecular formula is C9H15NO. The summed E-state index contributed by atoms with van der Waals surface area (Å²) >= 11 is 0. The topological polar surface area (TPSA) is 35.2 Å². The Balaban J connectivity index is 1.99. The second kappa shape index (κ2) is 2.01. The summed E-state index contributed by atoms with van der Waals surface area (Å²) in [5.74, 6) is 1.68. The fraction of sp³-hybridized carbons (Fsp3) is 0.778. The average molecular weight is 153 g/mol. The van der Waals surface area contributed by atoms with Crippen LogP contribution in [-0.4, -0.2) is 11.6 Å². The second-order valence-corrected chi connectivity index (χ2v) is 3.92. The van der Waals surface area contributed by atoms with Gasteiger partial charge >= 0.3 is 0 Å². The Morgan fingerprint density at radius 3 is 2.73 bits per heavy atom. The van der Waals surface area contributed by atoms with E-state index >= 15 is 0 Å². The second-order valence-electron chi connectivity index (χ2n) is 3.92. The van der Waals surface area contributed by atoms with Crippen molar-refractivity contribution in [3.05, 3.63) is 11.8 Å². The Morgan fingerprint density at radius 2 is 2.45 bits per heavy atom. The van der Waals surface area contributed by atoms with E-state index in [1.807, 2.05) is 0 Å². The van der Waals surface area contributed by atoms with E-state index in [1.165, 1.54) is 6.42 Å². The van der Waals surface area contributed by atoms with Gasteiger partial charge < -0.3 is 10.5 Å². The van der Waals surface area contributed by atoms with Crippen LogP contribution in [0.4, 0.5) is 0 Å². The molecule has 1 fully saturated rings. The van der Waals surface area contributed by atoms with Crippen molar-refractivity contribution in [3.8, 4) is 0 Å². The van der Waals surface area contributed by atoms with Crippen LogP contribution < -0.4 is 5.73 Å². The van der Waals surface area contributed by atoms with Gasteiger partial charge in [-0.15, -0.1) is 0 Å². The fourth-order valence-electron chi connectivity index (χ4n) is 1.86. The first-order valence-electron chi connectivity index (χ1n) is 4.30. The van der Waals surface area contributed by atoms with Gasteiger partial charge in [0.15, 0.2) is 0 Å². The van der Waals surface area contributed by atoms with Gasteiger partial charge in [0.2, 0.25) is 0 Å². The van der Waals surface area contributed by atoms with Crippen molar-refractivity contribution in [2.75, 3.05) is 0 Å². The Hall–Kier alpha value is -0.500. The van der Waals surface area contributed by atoms with Crippen LogP contribution in [-0.2, 0) is 4.74 Å². The number of hydrogen-bond acceptors (Lipinski definition) is 2. The van der Waals surface area contributed by atoms with Crippen LogP contribution in [0.2, 0.25) is 0 Å². The third-order valence-electron chi connectivity index (χ3n) is 2.64. The summed E-state index contributed by atoms with van der Waals surface area (Å²) in [7, 11) is 0. The van der Waals surface area contributed by atoms with Crippen LogP contribution in [0, 0.1) is 5.92 Å². The third kappa shape index (κ3) is 0.890. The number of fused-ring (bicyclic) bond motifs is 1. The summed E-state index contributed by atoms with van der Waals surface area (Å²) in [4.78, 5) is 0. The highest BCUT2D eigenvalue weighted by molar-refractivity contribution is 5.34. The van der Waals surface area contributed by atoms with Crippen molar-refractivity contribution in [1.82, 2.24) is 0 Å². The monoisotopic (exact) mass is 153 g/mol. The molecule has 0 aromatic heterocycles. The Labute approximate surface area is 67.4 Å². The van der Waals surface area contributed by atoms with Gasteiger partial charge in [-0.05, 0) is 32.8 Å². The predicted molar refractivity (Wildman–Crippen MR) is 43.9 cm³/mol. The molecule has 62 valence electrons. The zero-order valence-electron chi connectivity index (χ0n) is 7.13. The van der Waals surface area contributed by atoms with Gasteiger partial charge in [-0.1, -0.05) is 0 Å². The SMILES string of the molecule is CC(C)OC1=CC2(N)CC[C@H]12. The zero-order chi connectivity index (χ0) is 8.06. The summed E-state index contributed by atoms with van der Waals surface area (Å²) in [6, 6.07) is 0. The molecule has 2 rings (SSSR count). The van der Waals surface area contributed by atoms with Gasteiger partial charge in [-0.25, -0.2) is 0 Å². The molecule has 2 aliphatic carbocycles. The van der Waals surface area contributed by atoms with Crippen molar-refractivity contribution in [1.29, 1.82) is 0 Å². The van der Waals surface area contributed by atoms with E-state index < -0.39 is 0 Å². The van der Waals surface area contributed by atoms with Gasteiger partial charge in [-0.3, -0.25) is 0 Å². The van der Waals surface area contributed by atoms with Gasteiger partial charge in [-0.2, -0.15) is 0 Å². The molecule has 11 heavy (non-hydrogen) atoms. The summed E-state index contributed by atoms with van der Waals surface area (Å²) < 4.78 is 5.57. The van der Waals surface area contributed by atoms with E-state index in [2.05, 4.69) is 19.9 Å². The smallest absolute Gasteiger partial charge is 0.0995 e. The molecule has 1 unspecified atom stereocenters. The highest BCUT2D eigenvalue weighted by atomic mass is 16.5. The molecule has 0 bridgehead atoms. The van der Waals surface area contributed by atoms with Crippen LogP contribution in [0.3, 0.4) is 0 Å². The largest absolute Gasteiger partial charge is 0.495 e. The number of hydrogen-bond donors (Lipinski definition) is 1. The van der Waals surface area contributed by atoms with Gasteiger partial charge in [0.1, 0.15) is 0 Å². The first-order valence-corrected chi connectivity index (χ1v) is 4.30. The number of ether oxygens (including phenoxy) is 1. The van der Waals surface area contributed by atoms with E-state index in [0.29, 0.717) is 12.0 Å². The van der Waals surface area contributed by atoms with Crippen LogP contribution in [0.15, 0.2) is 11.8 Å². The van der Waals surface area contributed by atoms with Crippen molar-refractivity contribution in [2.24, 2.45) is 11.7 Å². The summed E-state index contributed by atoms with van der Waals surface area (Å²) in [6.45, 7) is 4.10. The third-order valence-corrected chi connectivity index (χ3v) is 2.64. The Morgan fingerprint density at radius 1 is 1.73 bits per heavy atom. The fourth-order valence-corrected chi connectivity index (χ4v) is 1.86. The maximum Gasteiger partial charge on any atom is 0.0995 e. The quantitative estimate of drug-likeness (QED) is 0.651. The molecule has 0 saturated heterocycles. The Kier molecular flexibility index (Phi) is 1.31. The van der Waals surface area contributed by atoms with Gasteiger partial charge in [0, 0.05) is 11.5 Å². The van der Waals surface area contributed by atoms with E-state index in [0.717, 1.165) is 12.2 Å². The number of rotatable bonds is 2. The van der Waals surface area contributed by atoms with E-state index in [-0.39, 0.29) is 5.54 Å². The molecule has 0 aliphatic heterocycles. The average Bonchev–Trinajstić information content (AvgIpc) is 1.85. The molecule has 0 heterocycles. The molecular weight excluding hydrogens is 138 g/mol. The molecule has 1 saturated carbocycles. The van der Waals surface area contributed by atoms with Crippen LogP contribution in [0.5, 0.6) is 0 Å². The molecule has 0 spiro atoms. The van der Waals surface area contributed by atoms with Gasteiger partial charge in [0.25, 0.3) is 0 Å². The first-order chi connectivity index (χ1) is 5.12. The summed E-state index contributed by atoms with van der Waals surface area (Å²) in [5.41, 5.74) is 5.99. The lowest BCUT2D eigenvalue weighted by atomic mass is 9.58. The van der Waals surface area contributed by atoms with E-state index in [4.69, 9.17) is 10.5 Å².